The van der Waals surface area contributed by atoms with Crippen molar-refractivity contribution in [1.29, 1.82) is 0 Å². The summed E-state index contributed by atoms with van der Waals surface area (Å²) in [7, 11) is 0. The minimum absolute atomic E-state index is 0.0245. The molecule has 2 aromatic rings. The third kappa shape index (κ3) is 2.34. The van der Waals surface area contributed by atoms with Crippen LogP contribution in [0, 0.1) is 12.7 Å². The average Bonchev–Trinajstić information content (AvgIpc) is 2.43. The zero-order valence-electron chi connectivity index (χ0n) is 11.0. The van der Waals surface area contributed by atoms with E-state index in [-0.39, 0.29) is 11.7 Å². The number of aryl methyl sites for hydroxylation is 1. The number of rotatable bonds is 2. The lowest BCUT2D eigenvalue weighted by Crippen LogP contribution is -2.20. The maximum Gasteiger partial charge on any atom is 0.225 e. The normalized spacial score (nSPS) is 13.6. The van der Waals surface area contributed by atoms with E-state index in [2.05, 4.69) is 15.6 Å². The summed E-state index contributed by atoms with van der Waals surface area (Å²) in [6.07, 6.45) is 2.69. The number of amides is 1. The highest BCUT2D eigenvalue weighted by Gasteiger charge is 2.18. The molecule has 4 nitrogen and oxygen atoms in total. The first-order valence-corrected chi connectivity index (χ1v) is 6.44. The number of pyridine rings is 1. The van der Waals surface area contributed by atoms with Gasteiger partial charge in [0.25, 0.3) is 0 Å². The number of anilines is 3. The highest BCUT2D eigenvalue weighted by atomic mass is 19.1. The zero-order valence-corrected chi connectivity index (χ0v) is 11.0. The topological polar surface area (TPSA) is 54.0 Å². The van der Waals surface area contributed by atoms with E-state index < -0.39 is 0 Å². The lowest BCUT2D eigenvalue weighted by molar-refractivity contribution is -0.116. The van der Waals surface area contributed by atoms with Crippen LogP contribution in [0.15, 0.2) is 30.5 Å². The molecule has 0 spiro atoms. The quantitative estimate of drug-likeness (QED) is 0.882. The van der Waals surface area contributed by atoms with Crippen molar-refractivity contribution in [3.63, 3.8) is 0 Å². The average molecular weight is 271 g/mol. The van der Waals surface area contributed by atoms with Gasteiger partial charge in [0.2, 0.25) is 5.91 Å². The maximum absolute atomic E-state index is 13.6. The Morgan fingerprint density at radius 2 is 2.15 bits per heavy atom. The van der Waals surface area contributed by atoms with Crippen molar-refractivity contribution in [2.75, 3.05) is 10.6 Å². The summed E-state index contributed by atoms with van der Waals surface area (Å²) in [5.74, 6) is 0.314. The van der Waals surface area contributed by atoms with E-state index in [1.165, 1.54) is 6.07 Å². The number of benzene rings is 1. The van der Waals surface area contributed by atoms with Crippen LogP contribution in [0.2, 0.25) is 0 Å². The molecule has 3 rings (SSSR count). The van der Waals surface area contributed by atoms with Crippen molar-refractivity contribution < 1.29 is 9.18 Å². The summed E-state index contributed by atoms with van der Waals surface area (Å²) >= 11 is 0. The Morgan fingerprint density at radius 1 is 1.30 bits per heavy atom. The van der Waals surface area contributed by atoms with E-state index in [0.717, 1.165) is 11.3 Å². The Hall–Kier alpha value is -2.43. The molecule has 2 heterocycles. The van der Waals surface area contributed by atoms with Crippen LogP contribution in [0.5, 0.6) is 0 Å². The summed E-state index contributed by atoms with van der Waals surface area (Å²) in [6, 6.07) is 6.84. The minimum Gasteiger partial charge on any atom is -0.355 e. The van der Waals surface area contributed by atoms with Crippen molar-refractivity contribution in [2.24, 2.45) is 0 Å². The molecule has 0 saturated heterocycles. The van der Waals surface area contributed by atoms with Crippen LogP contribution in [0.25, 0.3) is 0 Å². The van der Waals surface area contributed by atoms with E-state index in [9.17, 15) is 9.18 Å². The van der Waals surface area contributed by atoms with Gasteiger partial charge < -0.3 is 10.6 Å². The zero-order chi connectivity index (χ0) is 14.1. The third-order valence-electron chi connectivity index (χ3n) is 3.37. The van der Waals surface area contributed by atoms with E-state index in [1.54, 1.807) is 19.2 Å². The standard InChI is InChI=1S/C15H14FN3O/c1-9-2-3-10(8-12(9)16)18-13-6-7-17-15-11(13)4-5-14(20)19-15/h2-3,6-8H,4-5H2,1H3,(H2,17,18,19,20). The van der Waals surface area contributed by atoms with Crippen molar-refractivity contribution in [1.82, 2.24) is 4.98 Å². The minimum atomic E-state index is -0.244. The second-order valence-corrected chi connectivity index (χ2v) is 4.82. The first kappa shape index (κ1) is 12.6. The van der Waals surface area contributed by atoms with Gasteiger partial charge in [-0.3, -0.25) is 4.79 Å². The highest BCUT2D eigenvalue weighted by molar-refractivity contribution is 5.94. The Morgan fingerprint density at radius 3 is 2.95 bits per heavy atom. The van der Waals surface area contributed by atoms with Crippen LogP contribution in [0.4, 0.5) is 21.6 Å². The summed E-state index contributed by atoms with van der Waals surface area (Å²) in [5, 5.41) is 5.93. The Bertz CT molecular complexity index is 685. The van der Waals surface area contributed by atoms with Crippen LogP contribution >= 0.6 is 0 Å². The number of nitrogens with one attached hydrogen (secondary N) is 2. The van der Waals surface area contributed by atoms with Crippen LogP contribution in [0.3, 0.4) is 0 Å². The fourth-order valence-corrected chi connectivity index (χ4v) is 2.23. The van der Waals surface area contributed by atoms with Gasteiger partial charge in [-0.2, -0.15) is 0 Å². The Labute approximate surface area is 116 Å². The lowest BCUT2D eigenvalue weighted by Gasteiger charge is -2.19. The van der Waals surface area contributed by atoms with Gasteiger partial charge >= 0.3 is 0 Å². The van der Waals surface area contributed by atoms with Gasteiger partial charge in [-0.25, -0.2) is 9.37 Å². The number of hydrogen-bond acceptors (Lipinski definition) is 3. The predicted molar refractivity (Wildman–Crippen MR) is 75.6 cm³/mol. The van der Waals surface area contributed by atoms with Crippen molar-refractivity contribution >= 4 is 23.1 Å². The molecule has 102 valence electrons. The van der Waals surface area contributed by atoms with Gasteiger partial charge in [-0.1, -0.05) is 6.07 Å². The summed E-state index contributed by atoms with van der Waals surface area (Å²) in [6.45, 7) is 1.73. The van der Waals surface area contributed by atoms with Crippen molar-refractivity contribution in [3.05, 3.63) is 47.4 Å². The number of carbonyl (C=O) groups excluding carboxylic acids is 1. The number of hydrogen-bond donors (Lipinski definition) is 2. The molecule has 0 atom stereocenters. The second kappa shape index (κ2) is 4.92. The van der Waals surface area contributed by atoms with Gasteiger partial charge in [-0.15, -0.1) is 0 Å². The van der Waals surface area contributed by atoms with E-state index >= 15 is 0 Å². The van der Waals surface area contributed by atoms with Crippen LogP contribution in [0.1, 0.15) is 17.5 Å². The summed E-state index contributed by atoms with van der Waals surface area (Å²) < 4.78 is 13.6. The van der Waals surface area contributed by atoms with Gasteiger partial charge in [0.05, 0.1) is 0 Å². The predicted octanol–water partition coefficient (Wildman–Crippen LogP) is 3.16. The van der Waals surface area contributed by atoms with Crippen LogP contribution in [-0.4, -0.2) is 10.9 Å². The molecule has 1 aliphatic heterocycles. The highest BCUT2D eigenvalue weighted by Crippen LogP contribution is 2.29. The van der Waals surface area contributed by atoms with E-state index in [0.29, 0.717) is 29.9 Å². The van der Waals surface area contributed by atoms with Gasteiger partial charge in [-0.05, 0) is 37.1 Å². The fourth-order valence-electron chi connectivity index (χ4n) is 2.23. The van der Waals surface area contributed by atoms with Gasteiger partial charge in [0, 0.05) is 29.6 Å². The largest absolute Gasteiger partial charge is 0.355 e. The third-order valence-corrected chi connectivity index (χ3v) is 3.37. The Kier molecular flexibility index (Phi) is 3.10. The number of carbonyl (C=O) groups is 1. The molecule has 0 fully saturated rings. The van der Waals surface area contributed by atoms with Gasteiger partial charge in [0.15, 0.2) is 0 Å². The number of nitrogens with zero attached hydrogens (tertiary/aromatic N) is 1. The molecule has 0 saturated carbocycles. The SMILES string of the molecule is Cc1ccc(Nc2ccnc3c2CCC(=O)N3)cc1F. The molecule has 0 aliphatic carbocycles. The monoisotopic (exact) mass is 271 g/mol. The number of aromatic nitrogens is 1. The molecular formula is C15H14FN3O. The van der Waals surface area contributed by atoms with Crippen LogP contribution < -0.4 is 10.6 Å². The molecule has 0 radical (unpaired) electrons. The molecule has 2 N–H and O–H groups in total. The number of fused-ring (bicyclic) bond motifs is 1. The molecule has 1 aliphatic rings. The molecule has 1 aromatic carbocycles. The molecule has 1 amide bonds. The molecule has 0 unspecified atom stereocenters. The number of halogens is 1. The second-order valence-electron chi connectivity index (χ2n) is 4.82. The van der Waals surface area contributed by atoms with Crippen molar-refractivity contribution in [2.45, 2.75) is 19.8 Å². The summed E-state index contributed by atoms with van der Waals surface area (Å²) in [5.41, 5.74) is 3.09. The van der Waals surface area contributed by atoms with Crippen molar-refractivity contribution in [3.8, 4) is 0 Å². The molecule has 20 heavy (non-hydrogen) atoms. The van der Waals surface area contributed by atoms with E-state index in [1.807, 2.05) is 12.1 Å². The molecule has 1 aromatic heterocycles. The molecular weight excluding hydrogens is 257 g/mol. The van der Waals surface area contributed by atoms with E-state index in [4.69, 9.17) is 0 Å². The summed E-state index contributed by atoms with van der Waals surface area (Å²) in [4.78, 5) is 15.5. The van der Waals surface area contributed by atoms with Crippen LogP contribution in [-0.2, 0) is 11.2 Å². The molecule has 0 bridgehead atoms. The maximum atomic E-state index is 13.6. The Balaban J connectivity index is 1.93. The first-order chi connectivity index (χ1) is 9.63. The van der Waals surface area contributed by atoms with Gasteiger partial charge in [0.1, 0.15) is 11.6 Å². The fraction of sp³-hybridized carbons (Fsp3) is 0.200. The smallest absolute Gasteiger partial charge is 0.225 e. The lowest BCUT2D eigenvalue weighted by atomic mass is 10.0. The first-order valence-electron chi connectivity index (χ1n) is 6.44. The molecule has 5 heteroatoms.